The molecule has 0 aromatic heterocycles. The summed E-state index contributed by atoms with van der Waals surface area (Å²) in [5.41, 5.74) is 0.741. The summed E-state index contributed by atoms with van der Waals surface area (Å²) < 4.78 is 12.6. The van der Waals surface area contributed by atoms with Gasteiger partial charge < -0.3 is 14.6 Å². The fourth-order valence-corrected chi connectivity index (χ4v) is 6.80. The van der Waals surface area contributed by atoms with E-state index in [9.17, 15) is 14.9 Å². The second-order valence-corrected chi connectivity index (χ2v) is 10.8. The van der Waals surface area contributed by atoms with Crippen molar-refractivity contribution in [2.45, 2.75) is 50.2 Å². The van der Waals surface area contributed by atoms with Gasteiger partial charge in [-0.1, -0.05) is 36.4 Å². The Bertz CT molecular complexity index is 1460. The van der Waals surface area contributed by atoms with Crippen molar-refractivity contribution >= 4 is 28.3 Å². The third kappa shape index (κ3) is 3.71. The zero-order valence-corrected chi connectivity index (χ0v) is 21.4. The monoisotopic (exact) mass is 510 g/mol. The van der Waals surface area contributed by atoms with Gasteiger partial charge in [-0.2, -0.15) is 5.26 Å². The van der Waals surface area contributed by atoms with E-state index in [1.54, 1.807) is 12.1 Å². The van der Waals surface area contributed by atoms with Gasteiger partial charge in [0.05, 0.1) is 47.0 Å². The van der Waals surface area contributed by atoms with E-state index >= 15 is 0 Å². The smallest absolute Gasteiger partial charge is 0.240 e. The van der Waals surface area contributed by atoms with E-state index in [-0.39, 0.29) is 18.4 Å². The predicted octanol–water partition coefficient (Wildman–Crippen LogP) is 4.53. The van der Waals surface area contributed by atoms with Crippen LogP contribution < -0.4 is 9.64 Å². The fourth-order valence-electron chi connectivity index (χ4n) is 6.80. The number of ether oxygens (including phenoxy) is 2. The Balaban J connectivity index is 1.25. The number of anilines is 1. The third-order valence-electron chi connectivity index (χ3n) is 8.62. The van der Waals surface area contributed by atoms with Crippen molar-refractivity contribution in [3.05, 3.63) is 71.8 Å². The molecule has 38 heavy (non-hydrogen) atoms. The molecule has 3 aliphatic heterocycles. The topological polar surface area (TPSA) is 99.9 Å². The Morgan fingerprint density at radius 3 is 2.50 bits per heavy atom. The molecule has 0 saturated carbocycles. The van der Waals surface area contributed by atoms with Gasteiger partial charge in [0, 0.05) is 23.8 Å². The number of aliphatic hydroxyl groups excluding tert-OH is 1. The molecule has 1 N–H and O–H groups in total. The number of hydrogen-bond acceptors (Lipinski definition) is 6. The Labute approximate surface area is 221 Å². The van der Waals surface area contributed by atoms with Crippen LogP contribution in [0.1, 0.15) is 43.7 Å². The molecular formula is C31H30N2O5. The van der Waals surface area contributed by atoms with Gasteiger partial charge in [-0.25, -0.2) is 4.90 Å². The molecule has 3 aromatic carbocycles. The van der Waals surface area contributed by atoms with Gasteiger partial charge >= 0.3 is 0 Å². The van der Waals surface area contributed by atoms with Gasteiger partial charge in [0.25, 0.3) is 0 Å². The number of aliphatic hydroxyl groups is 1. The van der Waals surface area contributed by atoms with E-state index in [2.05, 4.69) is 6.07 Å². The quantitative estimate of drug-likeness (QED) is 0.447. The Kier molecular flexibility index (Phi) is 5.97. The standard InChI is InChI=1S/C31H30N2O5/c1-30-14-15-31(38-30,16-18-37-22-11-8-20(9-12-22)5-4-17-34)27-26(30)28(35)33(29(27)36)25-13-10-21(19-32)23-6-2-3-7-24(23)25/h2-3,6-13,26-27,34H,4-5,14-18H2,1H3. The minimum absolute atomic E-state index is 0.168. The first-order chi connectivity index (χ1) is 18.4. The summed E-state index contributed by atoms with van der Waals surface area (Å²) in [6.07, 6.45) is 3.47. The number of nitriles is 1. The number of nitrogens with zero attached hydrogens (tertiary/aromatic N) is 2. The number of fused-ring (bicyclic) bond motifs is 6. The molecule has 194 valence electrons. The number of carbonyl (C=O) groups excluding carboxylic acids is 2. The van der Waals surface area contributed by atoms with Crippen LogP contribution in [0.25, 0.3) is 10.8 Å². The van der Waals surface area contributed by atoms with Crippen LogP contribution in [0.2, 0.25) is 0 Å². The molecular weight excluding hydrogens is 480 g/mol. The highest BCUT2D eigenvalue weighted by molar-refractivity contribution is 6.26. The van der Waals surface area contributed by atoms with E-state index in [4.69, 9.17) is 14.6 Å². The van der Waals surface area contributed by atoms with Gasteiger partial charge in [0.15, 0.2) is 0 Å². The lowest BCUT2D eigenvalue weighted by molar-refractivity contribution is -0.131. The van der Waals surface area contributed by atoms with Gasteiger partial charge in [-0.15, -0.1) is 0 Å². The highest BCUT2D eigenvalue weighted by Gasteiger charge is 2.73. The molecule has 4 unspecified atom stereocenters. The first-order valence-electron chi connectivity index (χ1n) is 13.2. The molecule has 0 radical (unpaired) electrons. The average molecular weight is 511 g/mol. The lowest BCUT2D eigenvalue weighted by atomic mass is 9.67. The molecule has 0 spiro atoms. The van der Waals surface area contributed by atoms with Crippen molar-refractivity contribution in [2.24, 2.45) is 11.8 Å². The number of carbonyl (C=O) groups is 2. The summed E-state index contributed by atoms with van der Waals surface area (Å²) in [5.74, 6) is -0.814. The van der Waals surface area contributed by atoms with Crippen molar-refractivity contribution in [1.82, 2.24) is 0 Å². The van der Waals surface area contributed by atoms with Crippen molar-refractivity contribution in [3.63, 3.8) is 0 Å². The number of aryl methyl sites for hydroxylation is 1. The van der Waals surface area contributed by atoms with E-state index < -0.39 is 23.0 Å². The summed E-state index contributed by atoms with van der Waals surface area (Å²) in [7, 11) is 0. The van der Waals surface area contributed by atoms with Crippen molar-refractivity contribution in [1.29, 1.82) is 5.26 Å². The van der Waals surface area contributed by atoms with Crippen LogP contribution in [0.15, 0.2) is 60.7 Å². The maximum atomic E-state index is 14.0. The van der Waals surface area contributed by atoms with Crippen molar-refractivity contribution in [2.75, 3.05) is 18.1 Å². The SMILES string of the molecule is CC12CCC(CCOc3ccc(CCCO)cc3)(O1)C1C(=O)N(c3ccc(C#N)c4ccccc34)C(=O)C12. The van der Waals surface area contributed by atoms with Gasteiger partial charge in [0.1, 0.15) is 5.75 Å². The Morgan fingerprint density at radius 2 is 1.76 bits per heavy atom. The Morgan fingerprint density at radius 1 is 1.03 bits per heavy atom. The molecule has 3 aliphatic rings. The fraction of sp³-hybridized carbons (Fsp3) is 0.387. The normalized spacial score (nSPS) is 27.7. The number of rotatable bonds is 8. The van der Waals surface area contributed by atoms with Crippen LogP contribution in [0.4, 0.5) is 5.69 Å². The van der Waals surface area contributed by atoms with Crippen LogP contribution in [-0.2, 0) is 20.7 Å². The van der Waals surface area contributed by atoms with Crippen LogP contribution in [0.5, 0.6) is 5.75 Å². The van der Waals surface area contributed by atoms with Gasteiger partial charge in [-0.3, -0.25) is 9.59 Å². The molecule has 6 rings (SSSR count). The molecule has 7 nitrogen and oxygen atoms in total. The third-order valence-corrected chi connectivity index (χ3v) is 8.62. The summed E-state index contributed by atoms with van der Waals surface area (Å²) in [6, 6.07) is 20.8. The molecule has 3 saturated heterocycles. The Hall–Kier alpha value is -3.73. The minimum Gasteiger partial charge on any atom is -0.493 e. The van der Waals surface area contributed by atoms with E-state index in [0.29, 0.717) is 42.5 Å². The lowest BCUT2D eigenvalue weighted by Gasteiger charge is -2.31. The van der Waals surface area contributed by atoms with Crippen LogP contribution in [0.3, 0.4) is 0 Å². The summed E-state index contributed by atoms with van der Waals surface area (Å²) in [5, 5.41) is 20.0. The van der Waals surface area contributed by atoms with E-state index in [0.717, 1.165) is 29.5 Å². The molecule has 0 aliphatic carbocycles. The maximum absolute atomic E-state index is 14.0. The summed E-state index contributed by atoms with van der Waals surface area (Å²) in [6.45, 7) is 2.50. The van der Waals surface area contributed by atoms with E-state index in [1.807, 2.05) is 55.5 Å². The number of hydrogen-bond donors (Lipinski definition) is 1. The van der Waals surface area contributed by atoms with Crippen molar-refractivity contribution in [3.8, 4) is 11.8 Å². The lowest BCUT2D eigenvalue weighted by Crippen LogP contribution is -2.43. The van der Waals surface area contributed by atoms with E-state index in [1.165, 1.54) is 4.90 Å². The highest BCUT2D eigenvalue weighted by Crippen LogP contribution is 2.62. The average Bonchev–Trinajstić information content (AvgIpc) is 3.51. The minimum atomic E-state index is -0.746. The number of imide groups is 1. The second kappa shape index (κ2) is 9.23. The van der Waals surface area contributed by atoms with Gasteiger partial charge in [0.2, 0.25) is 11.8 Å². The van der Waals surface area contributed by atoms with Gasteiger partial charge in [-0.05, 0) is 62.4 Å². The molecule has 2 bridgehead atoms. The van der Waals surface area contributed by atoms with Crippen LogP contribution in [0, 0.1) is 23.2 Å². The first kappa shape index (κ1) is 24.6. The molecule has 2 amide bonds. The highest BCUT2D eigenvalue weighted by atomic mass is 16.5. The molecule has 3 heterocycles. The number of benzene rings is 3. The second-order valence-electron chi connectivity index (χ2n) is 10.8. The summed E-state index contributed by atoms with van der Waals surface area (Å²) >= 11 is 0. The van der Waals surface area contributed by atoms with Crippen LogP contribution in [-0.4, -0.2) is 41.3 Å². The van der Waals surface area contributed by atoms with Crippen LogP contribution >= 0.6 is 0 Å². The number of amides is 2. The molecule has 3 fully saturated rings. The largest absolute Gasteiger partial charge is 0.493 e. The molecule has 3 aromatic rings. The zero-order valence-electron chi connectivity index (χ0n) is 21.4. The predicted molar refractivity (Wildman–Crippen MR) is 142 cm³/mol. The first-order valence-corrected chi connectivity index (χ1v) is 13.2. The molecule has 4 atom stereocenters. The summed E-state index contributed by atoms with van der Waals surface area (Å²) in [4.78, 5) is 29.2. The molecule has 7 heteroatoms. The maximum Gasteiger partial charge on any atom is 0.240 e. The zero-order chi connectivity index (χ0) is 26.5. The van der Waals surface area contributed by atoms with Crippen molar-refractivity contribution < 1.29 is 24.2 Å².